The van der Waals surface area contributed by atoms with Crippen LogP contribution in [0, 0.1) is 0 Å². The molecule has 0 spiro atoms. The number of anilines is 1. The Morgan fingerprint density at radius 3 is 2.63 bits per heavy atom. The minimum atomic E-state index is -0.418. The predicted octanol–water partition coefficient (Wildman–Crippen LogP) is -1.10. The third-order valence-corrected chi connectivity index (χ3v) is 3.63. The summed E-state index contributed by atoms with van der Waals surface area (Å²) in [5, 5.41) is 12.3. The monoisotopic (exact) mass is 265 g/mol. The Hall–Kier alpha value is -2.09. The average Bonchev–Trinajstić information content (AvgIpc) is 3.05. The van der Waals surface area contributed by atoms with Crippen molar-refractivity contribution < 1.29 is 5.11 Å². The number of aliphatic hydroxyl groups excluding tert-OH is 1. The molecule has 8 nitrogen and oxygen atoms in total. The second-order valence-electron chi connectivity index (χ2n) is 5.05. The largest absolute Gasteiger partial charge is 0.394 e. The molecule has 0 unspecified atom stereocenters. The lowest BCUT2D eigenvalue weighted by Crippen LogP contribution is -2.36. The van der Waals surface area contributed by atoms with E-state index in [0.717, 1.165) is 17.4 Å². The molecule has 3 rings (SSSR count). The van der Waals surface area contributed by atoms with Crippen molar-refractivity contribution in [3.05, 3.63) is 20.8 Å². The number of rotatable bonds is 3. The molecule has 102 valence electrons. The van der Waals surface area contributed by atoms with Crippen LogP contribution in [0.3, 0.4) is 0 Å². The van der Waals surface area contributed by atoms with Crippen molar-refractivity contribution in [2.45, 2.75) is 18.4 Å². The van der Waals surface area contributed by atoms with E-state index in [1.807, 2.05) is 0 Å². The van der Waals surface area contributed by atoms with E-state index in [4.69, 9.17) is 0 Å². The van der Waals surface area contributed by atoms with Gasteiger partial charge in [0.1, 0.15) is 0 Å². The number of hydrogen-bond acceptors (Lipinski definition) is 5. The zero-order valence-electron chi connectivity index (χ0n) is 10.7. The molecule has 1 aliphatic rings. The maximum Gasteiger partial charge on any atom is 0.332 e. The Bertz CT molecular complexity index is 765. The number of hydrogen-bond donors (Lipinski definition) is 3. The van der Waals surface area contributed by atoms with Crippen molar-refractivity contribution in [1.29, 1.82) is 0 Å². The summed E-state index contributed by atoms with van der Waals surface area (Å²) in [6, 6.07) is 0. The molecule has 0 aromatic carbocycles. The quantitative estimate of drug-likeness (QED) is 0.653. The fraction of sp³-hybridized carbons (Fsp3) is 0.545. The minimum Gasteiger partial charge on any atom is -0.394 e. The number of aromatic amines is 1. The molecule has 2 aromatic rings. The Balaban J connectivity index is 2.16. The molecule has 0 amide bonds. The highest BCUT2D eigenvalue weighted by Crippen LogP contribution is 2.37. The molecule has 2 heterocycles. The van der Waals surface area contributed by atoms with Gasteiger partial charge in [0.2, 0.25) is 5.95 Å². The summed E-state index contributed by atoms with van der Waals surface area (Å²) in [6.07, 6.45) is 1.72. The number of fused-ring (bicyclic) bond motifs is 1. The average molecular weight is 265 g/mol. The summed E-state index contributed by atoms with van der Waals surface area (Å²) in [7, 11) is 2.99. The van der Waals surface area contributed by atoms with Crippen molar-refractivity contribution >= 4 is 17.1 Å². The topological polar surface area (TPSA) is 105 Å². The number of aryl methyl sites for hydroxylation is 1. The molecule has 1 saturated carbocycles. The molecule has 0 radical (unpaired) electrons. The number of aromatic nitrogens is 4. The van der Waals surface area contributed by atoms with Gasteiger partial charge in [-0.3, -0.25) is 13.9 Å². The van der Waals surface area contributed by atoms with Crippen molar-refractivity contribution in [3.8, 4) is 0 Å². The third kappa shape index (κ3) is 1.67. The Labute approximate surface area is 107 Å². The zero-order chi connectivity index (χ0) is 13.8. The zero-order valence-corrected chi connectivity index (χ0v) is 10.7. The smallest absolute Gasteiger partial charge is 0.332 e. The summed E-state index contributed by atoms with van der Waals surface area (Å²) in [5.74, 6) is 0.403. The minimum absolute atomic E-state index is 0.0149. The van der Waals surface area contributed by atoms with Gasteiger partial charge in [0.15, 0.2) is 11.2 Å². The molecule has 1 fully saturated rings. The first-order valence-electron chi connectivity index (χ1n) is 6.02. The lowest BCUT2D eigenvalue weighted by Gasteiger charge is -2.12. The van der Waals surface area contributed by atoms with Crippen LogP contribution in [0.2, 0.25) is 0 Å². The fourth-order valence-electron chi connectivity index (χ4n) is 2.11. The van der Waals surface area contributed by atoms with Crippen LogP contribution in [-0.4, -0.2) is 36.4 Å². The first-order chi connectivity index (χ1) is 8.97. The second kappa shape index (κ2) is 3.70. The van der Waals surface area contributed by atoms with E-state index >= 15 is 0 Å². The molecule has 0 aliphatic heterocycles. The fourth-order valence-corrected chi connectivity index (χ4v) is 2.11. The number of nitrogens with one attached hydrogen (secondary N) is 2. The first kappa shape index (κ1) is 12.0. The number of imidazole rings is 1. The van der Waals surface area contributed by atoms with Gasteiger partial charge >= 0.3 is 5.69 Å². The van der Waals surface area contributed by atoms with Gasteiger partial charge in [0.05, 0.1) is 12.1 Å². The standard InChI is InChI=1S/C11H15N5O3/c1-15-7-6(8(18)16(2)10(15)19)12-9(13-7)14-11(5-17)3-4-11/h17H,3-5H2,1-2H3,(H2,12,13,14). The van der Waals surface area contributed by atoms with Crippen LogP contribution in [-0.2, 0) is 14.1 Å². The second-order valence-corrected chi connectivity index (χ2v) is 5.05. The van der Waals surface area contributed by atoms with E-state index in [-0.39, 0.29) is 17.7 Å². The lowest BCUT2D eigenvalue weighted by atomic mass is 10.3. The summed E-state index contributed by atoms with van der Waals surface area (Å²) in [6.45, 7) is 0.0149. The van der Waals surface area contributed by atoms with Crippen LogP contribution in [0.5, 0.6) is 0 Å². The van der Waals surface area contributed by atoms with E-state index < -0.39 is 11.2 Å². The van der Waals surface area contributed by atoms with Crippen LogP contribution < -0.4 is 16.6 Å². The normalized spacial score (nSPS) is 16.8. The third-order valence-electron chi connectivity index (χ3n) is 3.63. The van der Waals surface area contributed by atoms with Crippen LogP contribution in [0.1, 0.15) is 12.8 Å². The van der Waals surface area contributed by atoms with Crippen molar-refractivity contribution in [1.82, 2.24) is 19.1 Å². The van der Waals surface area contributed by atoms with E-state index in [1.54, 1.807) is 7.05 Å². The van der Waals surface area contributed by atoms with Gasteiger partial charge < -0.3 is 15.4 Å². The van der Waals surface area contributed by atoms with Crippen molar-refractivity contribution in [2.24, 2.45) is 14.1 Å². The molecule has 2 aromatic heterocycles. The van der Waals surface area contributed by atoms with E-state index in [0.29, 0.717) is 11.6 Å². The summed E-state index contributed by atoms with van der Waals surface area (Å²) >= 11 is 0. The summed E-state index contributed by atoms with van der Waals surface area (Å²) < 4.78 is 2.35. The maximum atomic E-state index is 12.0. The Morgan fingerprint density at radius 1 is 1.37 bits per heavy atom. The molecule has 0 bridgehead atoms. The van der Waals surface area contributed by atoms with E-state index in [2.05, 4.69) is 15.3 Å². The van der Waals surface area contributed by atoms with E-state index in [1.165, 1.54) is 11.6 Å². The Morgan fingerprint density at radius 2 is 2.05 bits per heavy atom. The molecular weight excluding hydrogens is 250 g/mol. The van der Waals surface area contributed by atoms with Crippen LogP contribution in [0.4, 0.5) is 5.95 Å². The van der Waals surface area contributed by atoms with Crippen LogP contribution in [0.25, 0.3) is 11.2 Å². The van der Waals surface area contributed by atoms with Crippen LogP contribution >= 0.6 is 0 Å². The lowest BCUT2D eigenvalue weighted by molar-refractivity contribution is 0.265. The highest BCUT2D eigenvalue weighted by atomic mass is 16.3. The number of aliphatic hydroxyl groups is 1. The molecule has 0 saturated heterocycles. The molecule has 8 heteroatoms. The molecule has 19 heavy (non-hydrogen) atoms. The van der Waals surface area contributed by atoms with Gasteiger partial charge in [-0.2, -0.15) is 4.98 Å². The predicted molar refractivity (Wildman–Crippen MR) is 69.2 cm³/mol. The van der Waals surface area contributed by atoms with E-state index in [9.17, 15) is 14.7 Å². The van der Waals surface area contributed by atoms with Gasteiger partial charge in [-0.25, -0.2) is 4.79 Å². The van der Waals surface area contributed by atoms with Crippen molar-refractivity contribution in [2.75, 3.05) is 11.9 Å². The summed E-state index contributed by atoms with van der Waals surface area (Å²) in [5.41, 5.74) is -0.575. The SMILES string of the molecule is Cn1c(=O)c2[nH]c(NC3(CO)CC3)nc2n(C)c1=O. The van der Waals surface area contributed by atoms with Gasteiger partial charge in [-0.1, -0.05) is 0 Å². The molecule has 0 atom stereocenters. The number of nitrogens with zero attached hydrogens (tertiary/aromatic N) is 3. The van der Waals surface area contributed by atoms with Gasteiger partial charge in [0, 0.05) is 14.1 Å². The molecule has 1 aliphatic carbocycles. The summed E-state index contributed by atoms with van der Waals surface area (Å²) in [4.78, 5) is 30.8. The van der Waals surface area contributed by atoms with Gasteiger partial charge in [0.25, 0.3) is 5.56 Å². The first-order valence-corrected chi connectivity index (χ1v) is 6.02. The van der Waals surface area contributed by atoms with Gasteiger partial charge in [-0.15, -0.1) is 0 Å². The number of H-pyrrole nitrogens is 1. The highest BCUT2D eigenvalue weighted by Gasteiger charge is 2.42. The highest BCUT2D eigenvalue weighted by molar-refractivity contribution is 5.72. The maximum absolute atomic E-state index is 12.0. The van der Waals surface area contributed by atoms with Crippen molar-refractivity contribution in [3.63, 3.8) is 0 Å². The van der Waals surface area contributed by atoms with Gasteiger partial charge in [-0.05, 0) is 12.8 Å². The Kier molecular flexibility index (Phi) is 2.33. The van der Waals surface area contributed by atoms with Crippen LogP contribution in [0.15, 0.2) is 9.59 Å². The molecular formula is C11H15N5O3. The molecule has 3 N–H and O–H groups in total.